The van der Waals surface area contributed by atoms with E-state index in [0.717, 1.165) is 6.54 Å². The number of nitrogens with zero attached hydrogens (tertiary/aromatic N) is 3. The van der Waals surface area contributed by atoms with Gasteiger partial charge in [0.1, 0.15) is 12.7 Å². The van der Waals surface area contributed by atoms with Gasteiger partial charge in [0.05, 0.1) is 6.54 Å². The van der Waals surface area contributed by atoms with Crippen LogP contribution in [-0.2, 0) is 6.54 Å². The molecule has 3 rings (SSSR count). The first-order chi connectivity index (χ1) is 9.33. The summed E-state index contributed by atoms with van der Waals surface area (Å²) in [7, 11) is 0. The Hall–Kier alpha value is -1.33. The lowest BCUT2D eigenvalue weighted by molar-refractivity contribution is 0.389. The fourth-order valence-electron chi connectivity index (χ4n) is 2.52. The zero-order valence-corrected chi connectivity index (χ0v) is 11.8. The molecule has 0 fully saturated rings. The first kappa shape index (κ1) is 12.7. The van der Waals surface area contributed by atoms with Crippen molar-refractivity contribution in [3.63, 3.8) is 0 Å². The van der Waals surface area contributed by atoms with Crippen molar-refractivity contribution in [2.24, 2.45) is 0 Å². The molecule has 0 spiro atoms. The lowest BCUT2D eigenvalue weighted by atomic mass is 10.0. The largest absolute Gasteiger partial charge is 0.306 e. The lowest BCUT2D eigenvalue weighted by Gasteiger charge is -2.28. The Bertz CT molecular complexity index is 526. The van der Waals surface area contributed by atoms with Crippen LogP contribution in [0.2, 0.25) is 0 Å². The van der Waals surface area contributed by atoms with Crippen LogP contribution >= 0.6 is 11.8 Å². The first-order valence-electron chi connectivity index (χ1n) is 6.63. The van der Waals surface area contributed by atoms with Crippen LogP contribution in [0.25, 0.3) is 0 Å². The highest BCUT2D eigenvalue weighted by molar-refractivity contribution is 7.99. The van der Waals surface area contributed by atoms with E-state index in [-0.39, 0.29) is 0 Å². The number of thioether (sulfide) groups is 1. The third kappa shape index (κ3) is 2.98. The van der Waals surface area contributed by atoms with Gasteiger partial charge < -0.3 is 5.32 Å². The SMILES string of the molecule is C[C@H](Cn1cncn1)N[C@H]1CCSc2ccccc21. The Morgan fingerprint density at radius 2 is 2.37 bits per heavy atom. The molecule has 4 nitrogen and oxygen atoms in total. The molecule has 5 heteroatoms. The standard InChI is InChI=1S/C14H18N4S/c1-11(8-18-10-15-9-16-18)17-13-6-7-19-14-5-3-2-4-12(13)14/h2-5,9-11,13,17H,6-8H2,1H3/t11-,13+/m1/s1. The van der Waals surface area contributed by atoms with E-state index >= 15 is 0 Å². The van der Waals surface area contributed by atoms with Gasteiger partial charge in [0, 0.05) is 17.0 Å². The number of hydrogen-bond donors (Lipinski definition) is 1. The van der Waals surface area contributed by atoms with Crippen molar-refractivity contribution in [1.82, 2.24) is 20.1 Å². The zero-order valence-electron chi connectivity index (χ0n) is 11.0. The molecule has 1 aromatic carbocycles. The van der Waals surface area contributed by atoms with Crippen LogP contribution < -0.4 is 5.32 Å². The van der Waals surface area contributed by atoms with E-state index in [1.165, 1.54) is 22.6 Å². The van der Waals surface area contributed by atoms with Crippen LogP contribution in [-0.4, -0.2) is 26.6 Å². The summed E-state index contributed by atoms with van der Waals surface area (Å²) in [6, 6.07) is 9.53. The number of benzene rings is 1. The van der Waals surface area contributed by atoms with E-state index in [9.17, 15) is 0 Å². The number of fused-ring (bicyclic) bond motifs is 1. The van der Waals surface area contributed by atoms with Gasteiger partial charge in [0.2, 0.25) is 0 Å². The van der Waals surface area contributed by atoms with E-state index in [2.05, 4.69) is 46.6 Å². The normalized spacial score (nSPS) is 19.9. The molecule has 0 saturated heterocycles. The molecule has 0 amide bonds. The van der Waals surface area contributed by atoms with Gasteiger partial charge in [-0.2, -0.15) is 5.10 Å². The van der Waals surface area contributed by atoms with Crippen molar-refractivity contribution < 1.29 is 0 Å². The topological polar surface area (TPSA) is 42.7 Å². The zero-order chi connectivity index (χ0) is 13.1. The van der Waals surface area contributed by atoms with Crippen LogP contribution in [0.3, 0.4) is 0 Å². The second kappa shape index (κ2) is 5.75. The van der Waals surface area contributed by atoms with Crippen LogP contribution in [0.4, 0.5) is 0 Å². The molecule has 0 unspecified atom stereocenters. The summed E-state index contributed by atoms with van der Waals surface area (Å²) in [6.45, 7) is 3.05. The summed E-state index contributed by atoms with van der Waals surface area (Å²) in [5, 5.41) is 7.87. The van der Waals surface area contributed by atoms with Gasteiger partial charge in [0.15, 0.2) is 0 Å². The summed E-state index contributed by atoms with van der Waals surface area (Å²) >= 11 is 1.96. The van der Waals surface area contributed by atoms with Gasteiger partial charge >= 0.3 is 0 Å². The second-order valence-electron chi connectivity index (χ2n) is 4.91. The predicted molar refractivity (Wildman–Crippen MR) is 77.1 cm³/mol. The Morgan fingerprint density at radius 3 is 3.21 bits per heavy atom. The van der Waals surface area contributed by atoms with E-state index in [0.29, 0.717) is 12.1 Å². The Labute approximate surface area is 117 Å². The smallest absolute Gasteiger partial charge is 0.137 e. The maximum Gasteiger partial charge on any atom is 0.137 e. The minimum absolute atomic E-state index is 0.378. The fraction of sp³-hybridized carbons (Fsp3) is 0.429. The van der Waals surface area contributed by atoms with Crippen molar-refractivity contribution in [3.05, 3.63) is 42.5 Å². The molecule has 0 bridgehead atoms. The van der Waals surface area contributed by atoms with Gasteiger partial charge in [-0.05, 0) is 30.7 Å². The molecule has 0 aliphatic carbocycles. The van der Waals surface area contributed by atoms with Gasteiger partial charge in [-0.25, -0.2) is 4.98 Å². The Morgan fingerprint density at radius 1 is 1.47 bits per heavy atom. The second-order valence-corrected chi connectivity index (χ2v) is 6.05. The molecule has 2 heterocycles. The summed E-state index contributed by atoms with van der Waals surface area (Å²) in [5.74, 6) is 1.19. The van der Waals surface area contributed by atoms with E-state index in [4.69, 9.17) is 0 Å². The minimum Gasteiger partial charge on any atom is -0.306 e. The summed E-state index contributed by atoms with van der Waals surface area (Å²) in [4.78, 5) is 5.39. The highest BCUT2D eigenvalue weighted by Gasteiger charge is 2.21. The molecule has 0 radical (unpaired) electrons. The number of hydrogen-bond acceptors (Lipinski definition) is 4. The molecule has 100 valence electrons. The average Bonchev–Trinajstić information content (AvgIpc) is 2.92. The van der Waals surface area contributed by atoms with E-state index < -0.39 is 0 Å². The quantitative estimate of drug-likeness (QED) is 0.930. The summed E-state index contributed by atoms with van der Waals surface area (Å²) in [5.41, 5.74) is 1.43. The van der Waals surface area contributed by atoms with Crippen LogP contribution in [0.1, 0.15) is 24.9 Å². The summed E-state index contributed by atoms with van der Waals surface area (Å²) in [6.07, 6.45) is 4.53. The van der Waals surface area contributed by atoms with Crippen molar-refractivity contribution in [2.75, 3.05) is 5.75 Å². The fourth-order valence-corrected chi connectivity index (χ4v) is 3.64. The number of rotatable bonds is 4. The predicted octanol–water partition coefficient (Wildman–Crippen LogP) is 2.49. The van der Waals surface area contributed by atoms with Gasteiger partial charge in [0.25, 0.3) is 0 Å². The van der Waals surface area contributed by atoms with E-state index in [1.54, 1.807) is 12.7 Å². The van der Waals surface area contributed by atoms with Gasteiger partial charge in [-0.15, -0.1) is 11.8 Å². The van der Waals surface area contributed by atoms with E-state index in [1.807, 2.05) is 16.4 Å². The molecule has 2 aromatic rings. The first-order valence-corrected chi connectivity index (χ1v) is 7.61. The average molecular weight is 274 g/mol. The van der Waals surface area contributed by atoms with Crippen LogP contribution in [0, 0.1) is 0 Å². The highest BCUT2D eigenvalue weighted by Crippen LogP contribution is 2.35. The lowest BCUT2D eigenvalue weighted by Crippen LogP contribution is -2.35. The van der Waals surface area contributed by atoms with Gasteiger partial charge in [-0.3, -0.25) is 4.68 Å². The molecule has 19 heavy (non-hydrogen) atoms. The third-order valence-corrected chi connectivity index (χ3v) is 4.49. The molecule has 1 aliphatic heterocycles. The molecule has 2 atom stereocenters. The Kier molecular flexibility index (Phi) is 3.84. The third-order valence-electron chi connectivity index (χ3n) is 3.37. The van der Waals surface area contributed by atoms with Crippen molar-refractivity contribution in [2.45, 2.75) is 36.9 Å². The highest BCUT2D eigenvalue weighted by atomic mass is 32.2. The molecule has 1 aromatic heterocycles. The summed E-state index contributed by atoms with van der Waals surface area (Å²) < 4.78 is 1.88. The molecular weight excluding hydrogens is 256 g/mol. The monoisotopic (exact) mass is 274 g/mol. The molecule has 1 aliphatic rings. The molecule has 0 saturated carbocycles. The minimum atomic E-state index is 0.378. The van der Waals surface area contributed by atoms with Gasteiger partial charge in [-0.1, -0.05) is 18.2 Å². The van der Waals surface area contributed by atoms with Crippen LogP contribution in [0.15, 0.2) is 41.8 Å². The number of aromatic nitrogens is 3. The van der Waals surface area contributed by atoms with Crippen molar-refractivity contribution in [1.29, 1.82) is 0 Å². The molecular formula is C14H18N4S. The van der Waals surface area contributed by atoms with Crippen molar-refractivity contribution in [3.8, 4) is 0 Å². The maximum absolute atomic E-state index is 4.16. The van der Waals surface area contributed by atoms with Crippen LogP contribution in [0.5, 0.6) is 0 Å². The molecule has 1 N–H and O–H groups in total. The Balaban J connectivity index is 1.67. The maximum atomic E-state index is 4.16. The number of nitrogens with one attached hydrogen (secondary N) is 1. The van der Waals surface area contributed by atoms with Crippen molar-refractivity contribution >= 4 is 11.8 Å².